The monoisotopic (exact) mass is 275 g/mol. The molecule has 2 N–H and O–H groups in total. The fourth-order valence-corrected chi connectivity index (χ4v) is 1.99. The van der Waals surface area contributed by atoms with Crippen molar-refractivity contribution < 1.29 is 17.9 Å². The predicted molar refractivity (Wildman–Crippen MR) is 69.1 cm³/mol. The Hall–Kier alpha value is -1.23. The number of nitrogens with two attached hydrogens (primary N) is 1. The van der Waals surface area contributed by atoms with Gasteiger partial charge in [-0.15, -0.1) is 13.2 Å². The van der Waals surface area contributed by atoms with Crippen molar-refractivity contribution in [3.63, 3.8) is 0 Å². The molecule has 0 bridgehead atoms. The Labute approximate surface area is 111 Å². The molecule has 0 aliphatic heterocycles. The first kappa shape index (κ1) is 15.8. The van der Waals surface area contributed by atoms with Gasteiger partial charge >= 0.3 is 6.36 Å². The minimum Gasteiger partial charge on any atom is -0.406 e. The molecule has 1 atom stereocenters. The average Bonchev–Trinajstić information content (AvgIpc) is 2.26. The molecule has 19 heavy (non-hydrogen) atoms. The van der Waals surface area contributed by atoms with Crippen LogP contribution >= 0.6 is 0 Å². The maximum Gasteiger partial charge on any atom is 0.573 e. The van der Waals surface area contributed by atoms with Crippen LogP contribution in [0.1, 0.15) is 37.8 Å². The molecule has 0 radical (unpaired) electrons. The molecule has 1 aromatic rings. The van der Waals surface area contributed by atoms with E-state index >= 15 is 0 Å². The maximum atomic E-state index is 12.2. The highest BCUT2D eigenvalue weighted by molar-refractivity contribution is 5.36. The van der Waals surface area contributed by atoms with Crippen LogP contribution in [0.15, 0.2) is 18.2 Å². The second kappa shape index (κ2) is 6.80. The van der Waals surface area contributed by atoms with Crippen LogP contribution in [0.4, 0.5) is 13.2 Å². The Balaban J connectivity index is 2.78. The molecule has 108 valence electrons. The standard InChI is InChI=1S/C14H20F3NO/c1-3-11-7-8-13(19-14(15,16)17)9-12(11)6-4-5-10(2)18/h7-10H,3-6,18H2,1-2H3. The third kappa shape index (κ3) is 5.96. The molecule has 0 saturated carbocycles. The Bertz CT molecular complexity index is 402. The largest absolute Gasteiger partial charge is 0.573 e. The molecule has 1 rings (SSSR count). The summed E-state index contributed by atoms with van der Waals surface area (Å²) in [5, 5.41) is 0. The molecule has 0 amide bonds. The quantitative estimate of drug-likeness (QED) is 0.856. The Morgan fingerprint density at radius 1 is 1.26 bits per heavy atom. The lowest BCUT2D eigenvalue weighted by Crippen LogP contribution is -2.17. The molecular weight excluding hydrogens is 255 g/mol. The molecule has 1 unspecified atom stereocenters. The number of alkyl halides is 3. The van der Waals surface area contributed by atoms with Crippen LogP contribution in [0.2, 0.25) is 0 Å². The first-order valence-corrected chi connectivity index (χ1v) is 6.45. The summed E-state index contributed by atoms with van der Waals surface area (Å²) in [6.45, 7) is 3.90. The second-order valence-electron chi connectivity index (χ2n) is 4.70. The molecule has 5 heteroatoms. The van der Waals surface area contributed by atoms with Gasteiger partial charge in [-0.2, -0.15) is 0 Å². The smallest absolute Gasteiger partial charge is 0.406 e. The van der Waals surface area contributed by atoms with Gasteiger partial charge in [0.05, 0.1) is 0 Å². The van der Waals surface area contributed by atoms with Crippen molar-refractivity contribution in [2.24, 2.45) is 5.73 Å². The number of aryl methyl sites for hydroxylation is 2. The number of rotatable bonds is 6. The number of hydrogen-bond acceptors (Lipinski definition) is 2. The highest BCUT2D eigenvalue weighted by atomic mass is 19.4. The minimum absolute atomic E-state index is 0.111. The average molecular weight is 275 g/mol. The lowest BCUT2D eigenvalue weighted by Gasteiger charge is -2.13. The van der Waals surface area contributed by atoms with E-state index in [4.69, 9.17) is 5.73 Å². The lowest BCUT2D eigenvalue weighted by molar-refractivity contribution is -0.274. The van der Waals surface area contributed by atoms with E-state index in [2.05, 4.69) is 4.74 Å². The van der Waals surface area contributed by atoms with E-state index < -0.39 is 6.36 Å². The zero-order valence-corrected chi connectivity index (χ0v) is 11.3. The van der Waals surface area contributed by atoms with Gasteiger partial charge in [-0.1, -0.05) is 13.0 Å². The highest BCUT2D eigenvalue weighted by Crippen LogP contribution is 2.26. The number of ether oxygens (including phenoxy) is 1. The summed E-state index contributed by atoms with van der Waals surface area (Å²) in [6.07, 6.45) is -1.41. The van der Waals surface area contributed by atoms with Gasteiger partial charge in [-0.3, -0.25) is 0 Å². The molecule has 0 spiro atoms. The zero-order chi connectivity index (χ0) is 14.5. The topological polar surface area (TPSA) is 35.2 Å². The minimum atomic E-state index is -4.64. The number of hydrogen-bond donors (Lipinski definition) is 1. The van der Waals surface area contributed by atoms with Crippen LogP contribution < -0.4 is 10.5 Å². The van der Waals surface area contributed by atoms with Gasteiger partial charge in [-0.05, 0) is 55.9 Å². The summed E-state index contributed by atoms with van der Waals surface area (Å²) in [6, 6.07) is 4.65. The summed E-state index contributed by atoms with van der Waals surface area (Å²) in [7, 11) is 0. The first-order chi connectivity index (χ1) is 8.81. The molecule has 0 heterocycles. The molecule has 2 nitrogen and oxygen atoms in total. The Morgan fingerprint density at radius 3 is 2.47 bits per heavy atom. The van der Waals surface area contributed by atoms with E-state index in [0.29, 0.717) is 0 Å². The summed E-state index contributed by atoms with van der Waals surface area (Å²) in [5.41, 5.74) is 7.63. The van der Waals surface area contributed by atoms with Crippen molar-refractivity contribution in [2.75, 3.05) is 0 Å². The van der Waals surface area contributed by atoms with Crippen molar-refractivity contribution in [3.8, 4) is 5.75 Å². The molecule has 0 aliphatic carbocycles. The van der Waals surface area contributed by atoms with Crippen LogP contribution in [-0.4, -0.2) is 12.4 Å². The Kier molecular flexibility index (Phi) is 5.66. The van der Waals surface area contributed by atoms with Gasteiger partial charge in [0.25, 0.3) is 0 Å². The fraction of sp³-hybridized carbons (Fsp3) is 0.571. The van der Waals surface area contributed by atoms with Crippen LogP contribution in [-0.2, 0) is 12.8 Å². The predicted octanol–water partition coefficient (Wildman–Crippen LogP) is 3.82. The zero-order valence-electron chi connectivity index (χ0n) is 11.3. The first-order valence-electron chi connectivity index (χ1n) is 6.45. The summed E-state index contributed by atoms with van der Waals surface area (Å²) in [5.74, 6) is -0.152. The third-order valence-corrected chi connectivity index (χ3v) is 2.90. The van der Waals surface area contributed by atoms with E-state index in [1.165, 1.54) is 12.1 Å². The van der Waals surface area contributed by atoms with Crippen LogP contribution in [0, 0.1) is 0 Å². The van der Waals surface area contributed by atoms with Gasteiger partial charge < -0.3 is 10.5 Å². The summed E-state index contributed by atoms with van der Waals surface area (Å²) in [4.78, 5) is 0. The molecular formula is C14H20F3NO. The van der Waals surface area contributed by atoms with E-state index in [-0.39, 0.29) is 11.8 Å². The van der Waals surface area contributed by atoms with Gasteiger partial charge in [-0.25, -0.2) is 0 Å². The van der Waals surface area contributed by atoms with E-state index in [1.807, 2.05) is 13.8 Å². The van der Waals surface area contributed by atoms with Gasteiger partial charge in [0.2, 0.25) is 0 Å². The lowest BCUT2D eigenvalue weighted by atomic mass is 9.99. The van der Waals surface area contributed by atoms with E-state index in [9.17, 15) is 13.2 Å². The third-order valence-electron chi connectivity index (χ3n) is 2.90. The molecule has 0 aliphatic rings. The van der Waals surface area contributed by atoms with Crippen molar-refractivity contribution in [3.05, 3.63) is 29.3 Å². The van der Waals surface area contributed by atoms with Crippen LogP contribution in [0.25, 0.3) is 0 Å². The van der Waals surface area contributed by atoms with Crippen molar-refractivity contribution in [2.45, 2.75) is 51.9 Å². The van der Waals surface area contributed by atoms with Gasteiger partial charge in [0.1, 0.15) is 5.75 Å². The SMILES string of the molecule is CCc1ccc(OC(F)(F)F)cc1CCCC(C)N. The molecule has 0 aromatic heterocycles. The summed E-state index contributed by atoms with van der Waals surface area (Å²) < 4.78 is 40.5. The fourth-order valence-electron chi connectivity index (χ4n) is 1.99. The number of benzene rings is 1. The van der Waals surface area contributed by atoms with Gasteiger partial charge in [0, 0.05) is 6.04 Å². The van der Waals surface area contributed by atoms with Gasteiger partial charge in [0.15, 0.2) is 0 Å². The van der Waals surface area contributed by atoms with Crippen LogP contribution in [0.5, 0.6) is 5.75 Å². The Morgan fingerprint density at radius 2 is 1.95 bits per heavy atom. The van der Waals surface area contributed by atoms with Crippen molar-refractivity contribution in [1.82, 2.24) is 0 Å². The maximum absolute atomic E-state index is 12.2. The van der Waals surface area contributed by atoms with Crippen molar-refractivity contribution in [1.29, 1.82) is 0 Å². The summed E-state index contributed by atoms with van der Waals surface area (Å²) >= 11 is 0. The van der Waals surface area contributed by atoms with E-state index in [1.54, 1.807) is 6.07 Å². The molecule has 1 aromatic carbocycles. The normalized spacial score (nSPS) is 13.4. The second-order valence-corrected chi connectivity index (χ2v) is 4.70. The highest BCUT2D eigenvalue weighted by Gasteiger charge is 2.31. The molecule has 0 saturated heterocycles. The van der Waals surface area contributed by atoms with Crippen molar-refractivity contribution >= 4 is 0 Å². The van der Waals surface area contributed by atoms with Crippen LogP contribution in [0.3, 0.4) is 0 Å². The molecule has 0 fully saturated rings. The van der Waals surface area contributed by atoms with E-state index in [0.717, 1.165) is 36.8 Å². The number of halogens is 3.